The molecule has 0 aromatic heterocycles. The lowest BCUT2D eigenvalue weighted by molar-refractivity contribution is 1.27. The molecule has 0 unspecified atom stereocenters. The molecule has 0 aliphatic heterocycles. The summed E-state index contributed by atoms with van der Waals surface area (Å²) in [6.07, 6.45) is 5.99. The fourth-order valence-electron chi connectivity index (χ4n) is 18.1. The number of benzene rings is 21. The van der Waals surface area contributed by atoms with Crippen molar-refractivity contribution in [3.63, 3.8) is 0 Å². The predicted octanol–water partition coefficient (Wildman–Crippen LogP) is 36.0. The average molecular weight is 1730 g/mol. The summed E-state index contributed by atoms with van der Waals surface area (Å²) in [6, 6.07) is 200. The summed E-state index contributed by atoms with van der Waals surface area (Å²) in [4.78, 5) is 16.2. The second-order valence-electron chi connectivity index (χ2n) is 33.3. The van der Waals surface area contributed by atoms with E-state index < -0.39 is 0 Å². The maximum absolute atomic E-state index is 5.99. The van der Waals surface area contributed by atoms with Gasteiger partial charge in [-0.25, -0.2) is 0 Å². The molecule has 640 valence electrons. The standard InChI is InChI=1S/C128H93N7/c1-2-95-43-69-116(70-44-95)133(121-79-53-100(54-80-121)106-65-91-127(92-66-106)134(123-83-57-102(58-84-123)96-45-71-117(72-46-96)129(108-27-11-3-12-28-108)109-29-13-4-14-30-109)124-85-59-103(60-86-124)97-47-73-118(74-48-97)130(110-31-15-5-16-32-110)111-33-17-6-18-34-111)122-81-55-101(56-82-122)107-67-93-128(94-68-107)135(125-87-61-104(62-88-125)98-49-75-119(76-50-98)131(112-35-19-7-20-36-112)113-37-21-8-22-38-113)126-89-63-105(64-90-126)99-51-77-120(78-52-99)132(114-39-23-9-24-40-114)115-41-25-10-26-42-115/h1,3-94H. The summed E-state index contributed by atoms with van der Waals surface area (Å²) in [5.74, 6) is 2.84. The normalized spacial score (nSPS) is 11.0. The van der Waals surface area contributed by atoms with Gasteiger partial charge >= 0.3 is 0 Å². The maximum Gasteiger partial charge on any atom is 0.0462 e. The number of rotatable bonds is 27. The third kappa shape index (κ3) is 18.4. The van der Waals surface area contributed by atoms with E-state index in [2.05, 4.69) is 586 Å². The Kier molecular flexibility index (Phi) is 24.2. The van der Waals surface area contributed by atoms with Crippen LogP contribution in [-0.4, -0.2) is 0 Å². The van der Waals surface area contributed by atoms with Gasteiger partial charge in [0, 0.05) is 125 Å². The van der Waals surface area contributed by atoms with Gasteiger partial charge in [-0.15, -0.1) is 6.42 Å². The topological polar surface area (TPSA) is 22.7 Å². The van der Waals surface area contributed by atoms with E-state index >= 15 is 0 Å². The molecule has 0 N–H and O–H groups in total. The first-order valence-electron chi connectivity index (χ1n) is 45.7. The fraction of sp³-hybridized carbons (Fsp3) is 0. The fourth-order valence-corrected chi connectivity index (χ4v) is 18.1. The first-order valence-corrected chi connectivity index (χ1v) is 45.7. The molecule has 0 bridgehead atoms. The molecule has 0 saturated carbocycles. The smallest absolute Gasteiger partial charge is 0.0462 e. The molecule has 21 aromatic rings. The van der Waals surface area contributed by atoms with Crippen molar-refractivity contribution in [3.8, 4) is 79.1 Å². The van der Waals surface area contributed by atoms with Crippen LogP contribution in [0.5, 0.6) is 0 Å². The Hall–Kier alpha value is -18.2. The summed E-state index contributed by atoms with van der Waals surface area (Å²) >= 11 is 0. The minimum atomic E-state index is 0.818. The zero-order valence-electron chi connectivity index (χ0n) is 74.3. The number of nitrogens with zero attached hydrogens (tertiary/aromatic N) is 7. The highest BCUT2D eigenvalue weighted by Crippen LogP contribution is 2.47. The molecule has 21 rings (SSSR count). The van der Waals surface area contributed by atoms with Crippen LogP contribution in [0, 0.1) is 12.3 Å². The maximum atomic E-state index is 5.99. The Bertz CT molecular complexity index is 6570. The van der Waals surface area contributed by atoms with E-state index in [-0.39, 0.29) is 0 Å². The quantitative estimate of drug-likeness (QED) is 0.0473. The molecule has 7 nitrogen and oxygen atoms in total. The molecule has 0 atom stereocenters. The van der Waals surface area contributed by atoms with Crippen molar-refractivity contribution >= 4 is 119 Å². The first-order chi connectivity index (χ1) is 66.9. The van der Waals surface area contributed by atoms with E-state index in [1.807, 2.05) is 12.1 Å². The lowest BCUT2D eigenvalue weighted by atomic mass is 10.0. The molecule has 0 aliphatic carbocycles. The van der Waals surface area contributed by atoms with Crippen LogP contribution < -0.4 is 34.3 Å². The molecule has 0 heterocycles. The molecule has 0 saturated heterocycles. The van der Waals surface area contributed by atoms with Crippen LogP contribution >= 0.6 is 0 Å². The third-order valence-corrected chi connectivity index (χ3v) is 24.9. The van der Waals surface area contributed by atoms with Crippen LogP contribution in [0.1, 0.15) is 5.56 Å². The summed E-state index contributed by atoms with van der Waals surface area (Å²) in [7, 11) is 0. The van der Waals surface area contributed by atoms with Crippen molar-refractivity contribution in [2.45, 2.75) is 0 Å². The number of terminal acetylenes is 1. The summed E-state index contributed by atoms with van der Waals surface area (Å²) in [6.45, 7) is 0. The van der Waals surface area contributed by atoms with Crippen LogP contribution in [0.3, 0.4) is 0 Å². The van der Waals surface area contributed by atoms with Gasteiger partial charge in [0.15, 0.2) is 0 Å². The predicted molar refractivity (Wildman–Crippen MR) is 570 cm³/mol. The zero-order valence-corrected chi connectivity index (χ0v) is 74.3. The van der Waals surface area contributed by atoms with E-state index in [4.69, 9.17) is 6.42 Å². The highest BCUT2D eigenvalue weighted by atomic mass is 15.2. The molecule has 7 heteroatoms. The number of para-hydroxylation sites is 8. The van der Waals surface area contributed by atoms with Gasteiger partial charge < -0.3 is 34.3 Å². The summed E-state index contributed by atoms with van der Waals surface area (Å²) < 4.78 is 0. The lowest BCUT2D eigenvalue weighted by Crippen LogP contribution is -2.10. The average Bonchev–Trinajstić information content (AvgIpc) is 0.739. The molecule has 135 heavy (non-hydrogen) atoms. The second kappa shape index (κ2) is 39.0. The Morgan fingerprint density at radius 3 is 0.267 bits per heavy atom. The Morgan fingerprint density at radius 2 is 0.178 bits per heavy atom. The Balaban J connectivity index is 0.559. The highest BCUT2D eigenvalue weighted by molar-refractivity contribution is 5.89. The SMILES string of the molecule is C#Cc1ccc(N(c2ccc(-c3ccc(N(c4ccc(-c5ccc(N(c6ccccc6)c6ccccc6)cc5)cc4)c4ccc(-c5ccc(N(c6ccccc6)c6ccccc6)cc5)cc4)cc3)cc2)c2ccc(-c3ccc(N(c4ccc(-c5ccc(N(c6ccccc6)c6ccccc6)cc5)cc4)c4ccc(-c5ccc(N(c6ccccc6)c6ccccc6)cc5)cc4)cc3)cc2)cc1. The molecular formula is C128H93N7. The van der Waals surface area contributed by atoms with E-state index in [0.29, 0.717) is 0 Å². The minimum absolute atomic E-state index is 0.818. The van der Waals surface area contributed by atoms with Crippen LogP contribution in [0.2, 0.25) is 0 Å². The van der Waals surface area contributed by atoms with Crippen molar-refractivity contribution in [2.75, 3.05) is 34.3 Å². The molecule has 0 amide bonds. The van der Waals surface area contributed by atoms with Gasteiger partial charge in [-0.2, -0.15) is 0 Å². The van der Waals surface area contributed by atoms with Gasteiger partial charge in [-0.05, 0) is 334 Å². The van der Waals surface area contributed by atoms with E-state index in [1.165, 1.54) is 0 Å². The third-order valence-electron chi connectivity index (χ3n) is 24.9. The monoisotopic (exact) mass is 1730 g/mol. The summed E-state index contributed by atoms with van der Waals surface area (Å²) in [5, 5.41) is 0. The van der Waals surface area contributed by atoms with E-state index in [0.717, 1.165) is 192 Å². The van der Waals surface area contributed by atoms with Crippen LogP contribution in [-0.2, 0) is 0 Å². The highest BCUT2D eigenvalue weighted by Gasteiger charge is 2.23. The number of hydrogen-bond donors (Lipinski definition) is 0. The van der Waals surface area contributed by atoms with Crippen molar-refractivity contribution < 1.29 is 0 Å². The molecule has 0 spiro atoms. The molecule has 21 aromatic carbocycles. The van der Waals surface area contributed by atoms with Gasteiger partial charge in [0.25, 0.3) is 0 Å². The molecular weight excluding hydrogens is 1640 g/mol. The second-order valence-corrected chi connectivity index (χ2v) is 33.3. The van der Waals surface area contributed by atoms with E-state index in [9.17, 15) is 0 Å². The van der Waals surface area contributed by atoms with Crippen LogP contribution in [0.4, 0.5) is 119 Å². The van der Waals surface area contributed by atoms with E-state index in [1.54, 1.807) is 0 Å². The van der Waals surface area contributed by atoms with Gasteiger partial charge in [-0.1, -0.05) is 297 Å². The number of anilines is 21. The molecule has 0 fully saturated rings. The minimum Gasteiger partial charge on any atom is -0.311 e. The van der Waals surface area contributed by atoms with Crippen molar-refractivity contribution in [3.05, 3.63) is 564 Å². The van der Waals surface area contributed by atoms with Crippen molar-refractivity contribution in [2.24, 2.45) is 0 Å². The largest absolute Gasteiger partial charge is 0.311 e. The van der Waals surface area contributed by atoms with Gasteiger partial charge in [0.1, 0.15) is 0 Å². The Labute approximate surface area is 791 Å². The number of hydrogen-bond acceptors (Lipinski definition) is 7. The first kappa shape index (κ1) is 83.7. The van der Waals surface area contributed by atoms with Crippen molar-refractivity contribution in [1.29, 1.82) is 0 Å². The van der Waals surface area contributed by atoms with Gasteiger partial charge in [-0.3, -0.25) is 0 Å². The Morgan fingerprint density at radius 1 is 0.0963 bits per heavy atom. The van der Waals surface area contributed by atoms with Crippen LogP contribution in [0.25, 0.3) is 66.8 Å². The molecule has 0 radical (unpaired) electrons. The van der Waals surface area contributed by atoms with Gasteiger partial charge in [0.05, 0.1) is 0 Å². The van der Waals surface area contributed by atoms with Crippen LogP contribution in [0.15, 0.2) is 558 Å². The zero-order chi connectivity index (χ0) is 90.4. The lowest BCUT2D eigenvalue weighted by Gasteiger charge is -2.27. The molecule has 0 aliphatic rings. The van der Waals surface area contributed by atoms with Gasteiger partial charge in [0.2, 0.25) is 0 Å². The summed E-state index contributed by atoms with van der Waals surface area (Å²) in [5.41, 5.74) is 36.6. The van der Waals surface area contributed by atoms with Crippen molar-refractivity contribution in [1.82, 2.24) is 0 Å².